The first-order valence-electron chi connectivity index (χ1n) is 27.3. The van der Waals surface area contributed by atoms with Crippen molar-refractivity contribution in [2.45, 2.75) is 24.7 Å². The average molecular weight is 924 g/mol. The molecule has 11 aromatic carbocycles. The van der Waals surface area contributed by atoms with E-state index in [4.69, 9.17) is 4.11 Å². The Labute approximate surface area is 429 Å². The Balaban J connectivity index is 1.03. The van der Waals surface area contributed by atoms with Crippen LogP contribution in [0.1, 0.15) is 54.1 Å². The molecule has 0 saturated heterocycles. The summed E-state index contributed by atoms with van der Waals surface area (Å²) in [5, 5.41) is 0. The lowest BCUT2D eigenvalue weighted by atomic mass is 9.70. The van der Waals surface area contributed by atoms with E-state index < -0.39 is 11.5 Å². The van der Waals surface area contributed by atoms with Crippen LogP contribution in [-0.4, -0.2) is 0 Å². The molecular formula is C70H50N2. The van der Waals surface area contributed by atoms with Gasteiger partial charge < -0.3 is 9.80 Å². The number of fused-ring (bicyclic) bond motifs is 13. The third kappa shape index (κ3) is 6.22. The summed E-state index contributed by atoms with van der Waals surface area (Å²) in [6.45, 7) is 4.57. The van der Waals surface area contributed by atoms with Crippen molar-refractivity contribution in [3.8, 4) is 55.6 Å². The summed E-state index contributed by atoms with van der Waals surface area (Å²) in [6.07, 6.45) is 0. The van der Waals surface area contributed by atoms with E-state index in [0.717, 1.165) is 50.7 Å². The maximum Gasteiger partial charge on any atom is 0.0727 e. The number of anilines is 6. The SMILES string of the molecule is [2H]c1c([2H])c([2H])c(-c2ccccc2N(c2ccc3c(c2)C(C)(C)c2ccccc2-3)c2ccc3c(c2)C2(c4ccccc4-c4ccc(N(c5ccccc5)c5cccc(-c6ccccc6)c5)cc42)c2ccccc2-3)c([2H])c1[2H]. The predicted molar refractivity (Wildman–Crippen MR) is 301 cm³/mol. The first-order chi connectivity index (χ1) is 37.5. The minimum Gasteiger partial charge on any atom is -0.310 e. The van der Waals surface area contributed by atoms with Crippen LogP contribution in [0.25, 0.3) is 55.6 Å². The summed E-state index contributed by atoms with van der Waals surface area (Å²) >= 11 is 0. The molecule has 0 amide bonds. The van der Waals surface area contributed by atoms with Crippen molar-refractivity contribution in [3.05, 3.63) is 300 Å². The van der Waals surface area contributed by atoms with E-state index in [2.05, 4.69) is 236 Å². The number of para-hydroxylation sites is 2. The van der Waals surface area contributed by atoms with Crippen LogP contribution in [0.3, 0.4) is 0 Å². The maximum absolute atomic E-state index is 9.28. The van der Waals surface area contributed by atoms with Crippen LogP contribution in [0, 0.1) is 0 Å². The van der Waals surface area contributed by atoms with Crippen molar-refractivity contribution in [2.24, 2.45) is 0 Å². The molecule has 340 valence electrons. The number of hydrogen-bond donors (Lipinski definition) is 0. The third-order valence-corrected chi connectivity index (χ3v) is 15.5. The second-order valence-corrected chi connectivity index (χ2v) is 19.6. The molecule has 1 unspecified atom stereocenters. The molecule has 1 atom stereocenters. The summed E-state index contributed by atoms with van der Waals surface area (Å²) in [6, 6.07) is 82.9. The highest BCUT2D eigenvalue weighted by Crippen LogP contribution is 2.64. The van der Waals surface area contributed by atoms with Gasteiger partial charge in [-0.3, -0.25) is 0 Å². The highest BCUT2D eigenvalue weighted by molar-refractivity contribution is 5.99. The first-order valence-corrected chi connectivity index (χ1v) is 24.8. The van der Waals surface area contributed by atoms with Crippen molar-refractivity contribution in [2.75, 3.05) is 9.80 Å². The Bertz CT molecular complexity index is 4180. The zero-order valence-electron chi connectivity index (χ0n) is 44.9. The zero-order valence-corrected chi connectivity index (χ0v) is 39.9. The van der Waals surface area contributed by atoms with E-state index >= 15 is 0 Å². The molecule has 0 saturated carbocycles. The Morgan fingerprint density at radius 1 is 0.292 bits per heavy atom. The largest absolute Gasteiger partial charge is 0.310 e. The van der Waals surface area contributed by atoms with E-state index in [1.807, 2.05) is 24.3 Å². The van der Waals surface area contributed by atoms with Crippen LogP contribution < -0.4 is 9.80 Å². The molecule has 0 fully saturated rings. The lowest BCUT2D eigenvalue weighted by molar-refractivity contribution is 0.660. The molecule has 11 aromatic rings. The van der Waals surface area contributed by atoms with Crippen molar-refractivity contribution in [1.29, 1.82) is 0 Å². The molecule has 14 rings (SSSR count). The van der Waals surface area contributed by atoms with E-state index in [1.54, 1.807) is 0 Å². The number of nitrogens with zero attached hydrogens (tertiary/aromatic N) is 2. The Morgan fingerprint density at radius 3 is 1.35 bits per heavy atom. The highest BCUT2D eigenvalue weighted by Gasteiger charge is 2.52. The molecule has 0 aliphatic heterocycles. The molecule has 72 heavy (non-hydrogen) atoms. The molecule has 3 aliphatic carbocycles. The van der Waals surface area contributed by atoms with Gasteiger partial charge in [0.15, 0.2) is 0 Å². The van der Waals surface area contributed by atoms with Crippen molar-refractivity contribution in [1.82, 2.24) is 0 Å². The molecule has 3 aliphatic rings. The fraction of sp³-hybridized carbons (Fsp3) is 0.0571. The summed E-state index contributed by atoms with van der Waals surface area (Å²) in [4.78, 5) is 4.61. The third-order valence-electron chi connectivity index (χ3n) is 15.5. The van der Waals surface area contributed by atoms with Crippen molar-refractivity contribution in [3.63, 3.8) is 0 Å². The first kappa shape index (κ1) is 36.9. The van der Waals surface area contributed by atoms with E-state index in [9.17, 15) is 2.74 Å². The van der Waals surface area contributed by atoms with Crippen molar-refractivity contribution >= 4 is 34.1 Å². The van der Waals surface area contributed by atoms with Gasteiger partial charge in [-0.15, -0.1) is 0 Å². The monoisotopic (exact) mass is 923 g/mol. The van der Waals surface area contributed by atoms with Crippen LogP contribution in [-0.2, 0) is 10.8 Å². The zero-order chi connectivity index (χ0) is 52.3. The summed E-state index contributed by atoms with van der Waals surface area (Å²) < 4.78 is 44.7. The Morgan fingerprint density at radius 2 is 0.722 bits per heavy atom. The second-order valence-electron chi connectivity index (χ2n) is 19.6. The lowest BCUT2D eigenvalue weighted by Crippen LogP contribution is -2.26. The predicted octanol–water partition coefficient (Wildman–Crippen LogP) is 18.6. The van der Waals surface area contributed by atoms with Crippen LogP contribution in [0.4, 0.5) is 34.1 Å². The second kappa shape index (κ2) is 16.3. The highest BCUT2D eigenvalue weighted by atomic mass is 15.1. The van der Waals surface area contributed by atoms with Gasteiger partial charge in [0, 0.05) is 39.4 Å². The van der Waals surface area contributed by atoms with E-state index in [-0.39, 0.29) is 35.1 Å². The summed E-state index contributed by atoms with van der Waals surface area (Å²) in [5.74, 6) is 0. The maximum atomic E-state index is 9.28. The molecule has 2 nitrogen and oxygen atoms in total. The van der Waals surface area contributed by atoms with Gasteiger partial charge in [0.2, 0.25) is 0 Å². The molecule has 0 heterocycles. The average Bonchev–Trinajstić information content (AvgIpc) is 4.25. The molecule has 0 N–H and O–H groups in total. The summed E-state index contributed by atoms with van der Waals surface area (Å²) in [5.41, 5.74) is 21.7. The van der Waals surface area contributed by atoms with Gasteiger partial charge in [0.1, 0.15) is 0 Å². The Kier molecular flexibility index (Phi) is 8.36. The van der Waals surface area contributed by atoms with Crippen LogP contribution >= 0.6 is 0 Å². The van der Waals surface area contributed by atoms with Crippen LogP contribution in [0.15, 0.2) is 267 Å². The Hall–Kier alpha value is -8.98. The minimum absolute atomic E-state index is 0.152. The van der Waals surface area contributed by atoms with Gasteiger partial charge in [0.05, 0.1) is 18.0 Å². The fourth-order valence-corrected chi connectivity index (χ4v) is 12.4. The van der Waals surface area contributed by atoms with Crippen LogP contribution in [0.2, 0.25) is 0 Å². The van der Waals surface area contributed by atoms with Gasteiger partial charge in [-0.25, -0.2) is 0 Å². The number of hydrogen-bond acceptors (Lipinski definition) is 2. The molecule has 1 spiro atoms. The lowest BCUT2D eigenvalue weighted by Gasteiger charge is -2.34. The van der Waals surface area contributed by atoms with Gasteiger partial charge >= 0.3 is 0 Å². The molecule has 2 heteroatoms. The summed E-state index contributed by atoms with van der Waals surface area (Å²) in [7, 11) is 0. The molecule has 0 aromatic heterocycles. The van der Waals surface area contributed by atoms with Crippen LogP contribution in [0.5, 0.6) is 0 Å². The quantitative estimate of drug-likeness (QED) is 0.150. The van der Waals surface area contributed by atoms with Gasteiger partial charge in [-0.05, 0) is 150 Å². The topological polar surface area (TPSA) is 6.48 Å². The van der Waals surface area contributed by atoms with Gasteiger partial charge in [0.25, 0.3) is 0 Å². The van der Waals surface area contributed by atoms with Gasteiger partial charge in [-0.1, -0.05) is 214 Å². The molecule has 0 bridgehead atoms. The normalized spacial score (nSPS) is 15.9. The molecular weight excluding hydrogens is 869 g/mol. The number of benzene rings is 11. The standard InChI is InChI=1S/C70H50N2/c1-69(2)62-33-16-12-30-56(62)59-40-38-53(44-65(59)69)72(68-36-19-15-29-55(68)48-23-8-4-9-24-48)54-39-42-61-58-32-14-18-35-64(58)70(67(61)46-54)63-34-17-13-31-57(63)60-41-37-52(45-66(60)70)71(50-26-10-5-11-27-50)51-28-20-25-49(43-51)47-21-6-3-7-22-47/h3-46H,1-2H3/i4D,8D,9D,23D,24D. The minimum atomic E-state index is -0.752. The van der Waals surface area contributed by atoms with E-state index in [0.29, 0.717) is 11.3 Å². The fourth-order valence-electron chi connectivity index (χ4n) is 12.4. The van der Waals surface area contributed by atoms with Gasteiger partial charge in [-0.2, -0.15) is 0 Å². The smallest absolute Gasteiger partial charge is 0.0727 e. The van der Waals surface area contributed by atoms with Crippen molar-refractivity contribution < 1.29 is 6.85 Å². The molecule has 0 radical (unpaired) electrons. The van der Waals surface area contributed by atoms with E-state index in [1.165, 1.54) is 55.6 Å². The number of rotatable bonds is 8.